The van der Waals surface area contributed by atoms with Gasteiger partial charge in [0.25, 0.3) is 0 Å². The maximum Gasteiger partial charge on any atom is 0.225 e. The van der Waals surface area contributed by atoms with Gasteiger partial charge in [-0.2, -0.15) is 0 Å². The van der Waals surface area contributed by atoms with Crippen LogP contribution >= 0.6 is 0 Å². The van der Waals surface area contributed by atoms with Crippen LogP contribution < -0.4 is 0 Å². The molecule has 0 N–H and O–H groups in total. The van der Waals surface area contributed by atoms with Gasteiger partial charge >= 0.3 is 0 Å². The van der Waals surface area contributed by atoms with Gasteiger partial charge in [-0.05, 0) is 44.1 Å². The smallest absolute Gasteiger partial charge is 0.225 e. The molecule has 2 fully saturated rings. The number of hydrogen-bond acceptors (Lipinski definition) is 4. The zero-order chi connectivity index (χ0) is 15.9. The molecule has 0 saturated heterocycles. The van der Waals surface area contributed by atoms with Gasteiger partial charge in [0.1, 0.15) is 6.33 Å². The van der Waals surface area contributed by atoms with Crippen LogP contribution in [0, 0.1) is 0 Å². The van der Waals surface area contributed by atoms with Gasteiger partial charge in [0.05, 0.1) is 17.7 Å². The van der Waals surface area contributed by atoms with E-state index in [1.807, 2.05) is 4.90 Å². The number of amides is 1. The van der Waals surface area contributed by atoms with E-state index in [1.165, 1.54) is 30.5 Å². The Morgan fingerprint density at radius 3 is 2.74 bits per heavy atom. The van der Waals surface area contributed by atoms with Gasteiger partial charge < -0.3 is 9.64 Å². The molecule has 3 aliphatic rings. The summed E-state index contributed by atoms with van der Waals surface area (Å²) in [4.78, 5) is 23.7. The molecule has 23 heavy (non-hydrogen) atoms. The quantitative estimate of drug-likeness (QED) is 0.855. The maximum atomic E-state index is 12.7. The minimum Gasteiger partial charge on any atom is -0.378 e. The SMILES string of the molecule is COC1(CC(=O)N2CCc3ncnc(C4CC4)c3CC2)CCC1. The number of hydrogen-bond donors (Lipinski definition) is 0. The van der Waals surface area contributed by atoms with Crippen LogP contribution in [-0.2, 0) is 22.4 Å². The molecule has 0 atom stereocenters. The van der Waals surface area contributed by atoms with E-state index in [0.717, 1.165) is 44.5 Å². The number of methoxy groups -OCH3 is 1. The van der Waals surface area contributed by atoms with Crippen molar-refractivity contribution >= 4 is 5.91 Å². The Hall–Kier alpha value is -1.49. The fraction of sp³-hybridized carbons (Fsp3) is 0.722. The molecule has 1 aromatic heterocycles. The van der Waals surface area contributed by atoms with Gasteiger partial charge in [-0.1, -0.05) is 0 Å². The molecule has 124 valence electrons. The lowest BCUT2D eigenvalue weighted by Crippen LogP contribution is -2.45. The highest BCUT2D eigenvalue weighted by Gasteiger charge is 2.40. The molecule has 0 aromatic carbocycles. The lowest BCUT2D eigenvalue weighted by atomic mass is 9.77. The minimum atomic E-state index is -0.185. The largest absolute Gasteiger partial charge is 0.378 e. The average Bonchev–Trinajstić information content (AvgIpc) is 3.36. The summed E-state index contributed by atoms with van der Waals surface area (Å²) in [6.45, 7) is 1.56. The molecule has 4 rings (SSSR count). The minimum absolute atomic E-state index is 0.185. The maximum absolute atomic E-state index is 12.7. The second kappa shape index (κ2) is 5.86. The van der Waals surface area contributed by atoms with E-state index in [4.69, 9.17) is 4.74 Å². The summed E-state index contributed by atoms with van der Waals surface area (Å²) in [7, 11) is 1.74. The first-order chi connectivity index (χ1) is 11.2. The first-order valence-electron chi connectivity index (χ1n) is 8.86. The van der Waals surface area contributed by atoms with Crippen LogP contribution in [0.3, 0.4) is 0 Å². The second-order valence-electron chi connectivity index (χ2n) is 7.26. The molecule has 2 heterocycles. The Bertz CT molecular complexity index is 603. The molecule has 2 aliphatic carbocycles. The number of ether oxygens (including phenoxy) is 1. The predicted octanol–water partition coefficient (Wildman–Crippen LogP) is 2.24. The fourth-order valence-electron chi connectivity index (χ4n) is 3.92. The number of carbonyl (C=O) groups excluding carboxylic acids is 1. The predicted molar refractivity (Wildman–Crippen MR) is 86.2 cm³/mol. The van der Waals surface area contributed by atoms with Crippen molar-refractivity contribution in [2.75, 3.05) is 20.2 Å². The van der Waals surface area contributed by atoms with Gasteiger partial charge in [-0.25, -0.2) is 9.97 Å². The third kappa shape index (κ3) is 2.87. The lowest BCUT2D eigenvalue weighted by Gasteiger charge is -2.41. The summed E-state index contributed by atoms with van der Waals surface area (Å²) < 4.78 is 5.62. The van der Waals surface area contributed by atoms with E-state index < -0.39 is 0 Å². The molecule has 1 amide bonds. The van der Waals surface area contributed by atoms with E-state index in [-0.39, 0.29) is 11.5 Å². The number of carbonyl (C=O) groups is 1. The summed E-state index contributed by atoms with van der Waals surface area (Å²) in [5.74, 6) is 0.876. The number of nitrogens with zero attached hydrogens (tertiary/aromatic N) is 3. The Balaban J connectivity index is 1.45. The fourth-order valence-corrected chi connectivity index (χ4v) is 3.92. The van der Waals surface area contributed by atoms with Crippen LogP contribution in [0.1, 0.15) is 61.4 Å². The van der Waals surface area contributed by atoms with E-state index in [1.54, 1.807) is 13.4 Å². The topological polar surface area (TPSA) is 55.3 Å². The molecule has 0 radical (unpaired) electrons. The first-order valence-corrected chi connectivity index (χ1v) is 8.86. The standard InChI is InChI=1S/C18H25N3O2/c1-23-18(7-2-8-18)11-16(22)21-9-5-14-15(6-10-21)19-12-20-17(14)13-3-4-13/h12-13H,2-11H2,1H3. The molecule has 0 unspecified atom stereocenters. The van der Waals surface area contributed by atoms with E-state index in [9.17, 15) is 4.79 Å². The average molecular weight is 315 g/mol. The van der Waals surface area contributed by atoms with Crippen LogP contribution in [0.15, 0.2) is 6.33 Å². The summed E-state index contributed by atoms with van der Waals surface area (Å²) in [6, 6.07) is 0. The normalized spacial score (nSPS) is 22.9. The van der Waals surface area contributed by atoms with Gasteiger partial charge in [-0.15, -0.1) is 0 Å². The Morgan fingerprint density at radius 2 is 2.09 bits per heavy atom. The first kappa shape index (κ1) is 15.1. The zero-order valence-corrected chi connectivity index (χ0v) is 13.9. The Morgan fingerprint density at radius 1 is 1.30 bits per heavy atom. The van der Waals surface area contributed by atoms with Crippen molar-refractivity contribution in [2.24, 2.45) is 0 Å². The van der Waals surface area contributed by atoms with Gasteiger partial charge in [-0.3, -0.25) is 4.79 Å². The monoisotopic (exact) mass is 315 g/mol. The molecule has 1 aromatic rings. The Kier molecular flexibility index (Phi) is 3.84. The molecule has 5 nitrogen and oxygen atoms in total. The van der Waals surface area contributed by atoms with Crippen molar-refractivity contribution in [3.05, 3.63) is 23.3 Å². The molecular formula is C18H25N3O2. The number of fused-ring (bicyclic) bond motifs is 1. The molecular weight excluding hydrogens is 290 g/mol. The van der Waals surface area contributed by atoms with Gasteiger partial charge in [0, 0.05) is 38.2 Å². The van der Waals surface area contributed by atoms with Crippen molar-refractivity contribution in [3.63, 3.8) is 0 Å². The van der Waals surface area contributed by atoms with E-state index in [2.05, 4.69) is 9.97 Å². The molecule has 2 saturated carbocycles. The van der Waals surface area contributed by atoms with Crippen molar-refractivity contribution < 1.29 is 9.53 Å². The number of aromatic nitrogens is 2. The van der Waals surface area contributed by atoms with Crippen LogP contribution in [0.5, 0.6) is 0 Å². The van der Waals surface area contributed by atoms with Crippen LogP contribution in [-0.4, -0.2) is 46.6 Å². The second-order valence-corrected chi connectivity index (χ2v) is 7.26. The van der Waals surface area contributed by atoms with Crippen LogP contribution in [0.2, 0.25) is 0 Å². The van der Waals surface area contributed by atoms with Crippen LogP contribution in [0.4, 0.5) is 0 Å². The molecule has 5 heteroatoms. The van der Waals surface area contributed by atoms with Crippen molar-refractivity contribution in [2.45, 2.75) is 62.9 Å². The highest BCUT2D eigenvalue weighted by Crippen LogP contribution is 2.41. The Labute approximate surface area is 137 Å². The third-order valence-electron chi connectivity index (χ3n) is 5.81. The van der Waals surface area contributed by atoms with E-state index >= 15 is 0 Å². The third-order valence-corrected chi connectivity index (χ3v) is 5.81. The summed E-state index contributed by atoms with van der Waals surface area (Å²) >= 11 is 0. The highest BCUT2D eigenvalue weighted by molar-refractivity contribution is 5.77. The van der Waals surface area contributed by atoms with Crippen molar-refractivity contribution in [3.8, 4) is 0 Å². The highest BCUT2D eigenvalue weighted by atomic mass is 16.5. The summed E-state index contributed by atoms with van der Waals surface area (Å²) in [5, 5.41) is 0. The molecule has 0 bridgehead atoms. The van der Waals surface area contributed by atoms with E-state index in [0.29, 0.717) is 12.3 Å². The van der Waals surface area contributed by atoms with Gasteiger partial charge in [0.2, 0.25) is 5.91 Å². The molecule has 1 aliphatic heterocycles. The summed E-state index contributed by atoms with van der Waals surface area (Å²) in [5.41, 5.74) is 3.53. The van der Waals surface area contributed by atoms with Crippen molar-refractivity contribution in [1.82, 2.24) is 14.9 Å². The van der Waals surface area contributed by atoms with Crippen molar-refractivity contribution in [1.29, 1.82) is 0 Å². The lowest BCUT2D eigenvalue weighted by molar-refractivity contribution is -0.144. The summed E-state index contributed by atoms with van der Waals surface area (Å²) in [6.07, 6.45) is 9.69. The van der Waals surface area contributed by atoms with Crippen LogP contribution in [0.25, 0.3) is 0 Å². The molecule has 0 spiro atoms. The van der Waals surface area contributed by atoms with Gasteiger partial charge in [0.15, 0.2) is 0 Å². The zero-order valence-electron chi connectivity index (χ0n) is 13.9. The number of rotatable bonds is 4.